The van der Waals surface area contributed by atoms with Gasteiger partial charge >= 0.3 is 0 Å². The van der Waals surface area contributed by atoms with Gasteiger partial charge in [-0.1, -0.05) is 73.5 Å². The molecule has 1 aliphatic heterocycles. The fraction of sp³-hybridized carbons (Fsp3) is 0.464. The molecule has 1 saturated carbocycles. The molecule has 4 atom stereocenters. The van der Waals surface area contributed by atoms with Gasteiger partial charge in [0.05, 0.1) is 17.9 Å². The first-order valence-corrected chi connectivity index (χ1v) is 14.4. The van der Waals surface area contributed by atoms with Crippen molar-refractivity contribution in [2.24, 2.45) is 5.92 Å². The molecular formula is C28H32Cl2N4O2S. The number of H-pyrrole nitrogens is 1. The zero-order valence-electron chi connectivity index (χ0n) is 21.2. The first kappa shape index (κ1) is 26.5. The maximum Gasteiger partial charge on any atom is 0.253 e. The summed E-state index contributed by atoms with van der Waals surface area (Å²) in [4.78, 5) is 16.5. The lowest BCUT2D eigenvalue weighted by atomic mass is 9.89. The van der Waals surface area contributed by atoms with Crippen LogP contribution in [0.25, 0.3) is 0 Å². The zero-order valence-corrected chi connectivity index (χ0v) is 23.6. The van der Waals surface area contributed by atoms with E-state index in [0.717, 1.165) is 35.4 Å². The monoisotopic (exact) mass is 558 g/mol. The van der Waals surface area contributed by atoms with Gasteiger partial charge in [-0.25, -0.2) is 0 Å². The van der Waals surface area contributed by atoms with Crippen LogP contribution in [0.2, 0.25) is 10.0 Å². The van der Waals surface area contributed by atoms with E-state index < -0.39 is 12.2 Å². The molecule has 9 heteroatoms. The first-order chi connectivity index (χ1) is 17.7. The minimum Gasteiger partial charge on any atom is -0.358 e. The summed E-state index contributed by atoms with van der Waals surface area (Å²) in [6, 6.07) is 15.3. The van der Waals surface area contributed by atoms with E-state index in [1.807, 2.05) is 60.3 Å². The topological polar surface area (TPSA) is 71.1 Å². The van der Waals surface area contributed by atoms with Crippen LogP contribution in [0.1, 0.15) is 62.6 Å². The highest BCUT2D eigenvalue weighted by Gasteiger charge is 2.50. The number of hydrogen-bond acceptors (Lipinski definition) is 5. The summed E-state index contributed by atoms with van der Waals surface area (Å²) in [5, 5.41) is 11.9. The molecular weight excluding hydrogens is 527 g/mol. The second-order valence-corrected chi connectivity index (χ2v) is 13.6. The molecule has 196 valence electrons. The van der Waals surface area contributed by atoms with E-state index in [1.54, 1.807) is 6.20 Å². The molecule has 0 bridgehead atoms. The Kier molecular flexibility index (Phi) is 7.87. The van der Waals surface area contributed by atoms with Gasteiger partial charge in [0, 0.05) is 33.0 Å². The Morgan fingerprint density at radius 3 is 2.49 bits per heavy atom. The molecule has 6 nitrogen and oxygen atoms in total. The van der Waals surface area contributed by atoms with Gasteiger partial charge in [0.25, 0.3) is 5.91 Å². The normalized spacial score (nSPS) is 23.3. The second-order valence-electron chi connectivity index (χ2n) is 10.9. The molecule has 0 radical (unpaired) electrons. The highest BCUT2D eigenvalue weighted by molar-refractivity contribution is 8.00. The lowest BCUT2D eigenvalue weighted by Gasteiger charge is -2.48. The number of nitrogens with one attached hydrogen (secondary N) is 1. The van der Waals surface area contributed by atoms with E-state index >= 15 is 0 Å². The number of ether oxygens (including phenoxy) is 1. The Morgan fingerprint density at radius 2 is 1.86 bits per heavy atom. The lowest BCUT2D eigenvalue weighted by Crippen LogP contribution is -2.56. The number of morpholine rings is 1. The van der Waals surface area contributed by atoms with Crippen LogP contribution < -0.4 is 0 Å². The van der Waals surface area contributed by atoms with Crippen LogP contribution >= 0.6 is 35.0 Å². The largest absolute Gasteiger partial charge is 0.358 e. The van der Waals surface area contributed by atoms with Crippen molar-refractivity contribution in [3.63, 3.8) is 0 Å². The highest BCUT2D eigenvalue weighted by Crippen LogP contribution is 2.49. The molecule has 2 heterocycles. The van der Waals surface area contributed by atoms with Crippen molar-refractivity contribution in [3.05, 3.63) is 81.6 Å². The van der Waals surface area contributed by atoms with Gasteiger partial charge in [0.1, 0.15) is 12.2 Å². The Labute approximate surface area is 232 Å². The predicted molar refractivity (Wildman–Crippen MR) is 149 cm³/mol. The number of rotatable bonds is 8. The van der Waals surface area contributed by atoms with E-state index in [-0.39, 0.29) is 22.7 Å². The van der Waals surface area contributed by atoms with Gasteiger partial charge in [-0.15, -0.1) is 5.10 Å². The number of carbonyl (C=O) groups is 1. The molecule has 1 saturated heterocycles. The number of nitrogens with zero attached hydrogens (tertiary/aromatic N) is 3. The van der Waals surface area contributed by atoms with Crippen LogP contribution in [-0.4, -0.2) is 48.9 Å². The third-order valence-corrected chi connectivity index (χ3v) is 8.76. The van der Waals surface area contributed by atoms with Crippen molar-refractivity contribution >= 4 is 40.9 Å². The van der Waals surface area contributed by atoms with Gasteiger partial charge < -0.3 is 9.64 Å². The Hall–Kier alpha value is -2.06. The smallest absolute Gasteiger partial charge is 0.253 e. The lowest BCUT2D eigenvalue weighted by molar-refractivity contribution is -0.179. The number of carbonyl (C=O) groups excluding carboxylic acids is 1. The highest BCUT2D eigenvalue weighted by atomic mass is 35.5. The van der Waals surface area contributed by atoms with Crippen molar-refractivity contribution in [2.45, 2.75) is 69.1 Å². The summed E-state index contributed by atoms with van der Waals surface area (Å²) >= 11 is 14.6. The van der Waals surface area contributed by atoms with Crippen LogP contribution in [-0.2, 0) is 16.0 Å². The minimum absolute atomic E-state index is 0.000706. The quantitative estimate of drug-likeness (QED) is 0.334. The molecule has 2 aromatic carbocycles. The molecule has 1 aliphatic carbocycles. The molecule has 1 N–H and O–H groups in total. The number of hydrogen-bond donors (Lipinski definition) is 1. The summed E-state index contributed by atoms with van der Waals surface area (Å²) in [7, 11) is 0. The Morgan fingerprint density at radius 1 is 1.11 bits per heavy atom. The third kappa shape index (κ3) is 6.33. The standard InChI is InChI=1S/C28H32Cl2N4O2S/c1-28(2,3)37-16-23(17-7-8-17)34-25(18-9-11-20(29)12-10-18)26(19-5-4-6-21(30)13-19)36-24(27(34)35)14-22-15-31-33-32-22/h4-6,9-13,15,17,23-26H,7-8,14,16H2,1-3H3,(H,31,32,33)/t23-,24-,25-,26-/m1/s1. The van der Waals surface area contributed by atoms with Crippen molar-refractivity contribution in [1.82, 2.24) is 20.3 Å². The number of aromatic nitrogens is 3. The Balaban J connectivity index is 1.61. The maximum atomic E-state index is 14.3. The zero-order chi connectivity index (χ0) is 26.2. The number of aromatic amines is 1. The van der Waals surface area contributed by atoms with Crippen molar-refractivity contribution in [3.8, 4) is 0 Å². The molecule has 37 heavy (non-hydrogen) atoms. The maximum absolute atomic E-state index is 14.3. The summed E-state index contributed by atoms with van der Waals surface area (Å²) < 4.78 is 6.76. The summed E-state index contributed by atoms with van der Waals surface area (Å²) in [5.41, 5.74) is 2.70. The predicted octanol–water partition coefficient (Wildman–Crippen LogP) is 6.67. The van der Waals surface area contributed by atoms with Crippen LogP contribution in [0.4, 0.5) is 0 Å². The summed E-state index contributed by atoms with van der Waals surface area (Å²) in [6.07, 6.45) is 3.20. The SMILES string of the molecule is CC(C)(C)SC[C@H](C1CC1)N1C(=O)[C@@H](Cc2cnn[nH]2)O[C@H](c2cccc(Cl)c2)[C@H]1c1ccc(Cl)cc1. The molecule has 1 amide bonds. The van der Waals surface area contributed by atoms with Crippen molar-refractivity contribution in [2.75, 3.05) is 5.75 Å². The van der Waals surface area contributed by atoms with E-state index in [4.69, 9.17) is 27.9 Å². The van der Waals surface area contributed by atoms with E-state index in [9.17, 15) is 4.79 Å². The van der Waals surface area contributed by atoms with Gasteiger partial charge in [-0.3, -0.25) is 9.89 Å². The van der Waals surface area contributed by atoms with Crippen LogP contribution in [0, 0.1) is 5.92 Å². The molecule has 3 aromatic rings. The molecule has 0 unspecified atom stereocenters. The van der Waals surface area contributed by atoms with E-state index in [1.165, 1.54) is 0 Å². The average Bonchev–Trinajstić information content (AvgIpc) is 3.56. The minimum atomic E-state index is -0.671. The summed E-state index contributed by atoms with van der Waals surface area (Å²) in [5.74, 6) is 1.34. The van der Waals surface area contributed by atoms with Gasteiger partial charge in [0.15, 0.2) is 0 Å². The third-order valence-electron chi connectivity index (χ3n) is 6.90. The van der Waals surface area contributed by atoms with Crippen LogP contribution in [0.5, 0.6) is 0 Å². The van der Waals surface area contributed by atoms with E-state index in [2.05, 4.69) is 41.1 Å². The van der Waals surface area contributed by atoms with E-state index in [0.29, 0.717) is 22.4 Å². The molecule has 0 spiro atoms. The second kappa shape index (κ2) is 11.0. The van der Waals surface area contributed by atoms with Crippen molar-refractivity contribution < 1.29 is 9.53 Å². The van der Waals surface area contributed by atoms with Crippen LogP contribution in [0.3, 0.4) is 0 Å². The van der Waals surface area contributed by atoms with Gasteiger partial charge in [0.2, 0.25) is 0 Å². The molecule has 2 fully saturated rings. The van der Waals surface area contributed by atoms with Gasteiger partial charge in [-0.05, 0) is 54.2 Å². The average molecular weight is 560 g/mol. The number of benzene rings is 2. The molecule has 1 aromatic heterocycles. The van der Waals surface area contributed by atoms with Crippen LogP contribution in [0.15, 0.2) is 54.7 Å². The van der Waals surface area contributed by atoms with Crippen molar-refractivity contribution in [1.29, 1.82) is 0 Å². The summed E-state index contributed by atoms with van der Waals surface area (Å²) in [6.45, 7) is 6.67. The number of halogens is 2. The number of amides is 1. The Bertz CT molecular complexity index is 1210. The van der Waals surface area contributed by atoms with Gasteiger partial charge in [-0.2, -0.15) is 11.8 Å². The molecule has 5 rings (SSSR count). The number of thioether (sulfide) groups is 1. The molecule has 2 aliphatic rings. The fourth-order valence-corrected chi connectivity index (χ4v) is 6.41. The fourth-order valence-electron chi connectivity index (χ4n) is 4.98. The first-order valence-electron chi connectivity index (χ1n) is 12.7.